The Morgan fingerprint density at radius 3 is 2.24 bits per heavy atom. The van der Waals surface area contributed by atoms with E-state index >= 15 is 0 Å². The lowest BCUT2D eigenvalue weighted by molar-refractivity contribution is -0.136. The van der Waals surface area contributed by atoms with Crippen molar-refractivity contribution in [1.29, 1.82) is 0 Å². The number of hydrogen-bond donors (Lipinski definition) is 1. The van der Waals surface area contributed by atoms with E-state index in [4.69, 9.17) is 4.98 Å². The number of fused-ring (bicyclic) bond motifs is 1. The van der Waals surface area contributed by atoms with Crippen molar-refractivity contribution in [2.75, 3.05) is 0 Å². The van der Waals surface area contributed by atoms with Crippen LogP contribution in [0.15, 0.2) is 78.9 Å². The second-order valence-electron chi connectivity index (χ2n) is 7.21. The molecular formula is C26H23NO2. The summed E-state index contributed by atoms with van der Waals surface area (Å²) in [6.07, 6.45) is 2.05. The molecule has 0 aliphatic carbocycles. The molecule has 4 rings (SSSR count). The number of carboxylic acids is 1. The van der Waals surface area contributed by atoms with Crippen LogP contribution in [-0.4, -0.2) is 16.1 Å². The van der Waals surface area contributed by atoms with E-state index in [1.54, 1.807) is 0 Å². The summed E-state index contributed by atoms with van der Waals surface area (Å²) in [5.74, 6) is -0.858. The van der Waals surface area contributed by atoms with Gasteiger partial charge in [0.15, 0.2) is 0 Å². The molecule has 0 saturated carbocycles. The predicted octanol–water partition coefficient (Wildman–Crippen LogP) is 6.15. The number of carbonyl (C=O) groups is 1. The predicted molar refractivity (Wildman–Crippen MR) is 118 cm³/mol. The first-order valence-corrected chi connectivity index (χ1v) is 9.95. The van der Waals surface area contributed by atoms with Gasteiger partial charge in [-0.2, -0.15) is 0 Å². The molecule has 3 nitrogen and oxygen atoms in total. The SMILES string of the molecule is CCCc1ccc(-c2nc3ccccc3c(-c3ccccc3)c2CC(=O)O)cc1. The second kappa shape index (κ2) is 8.27. The molecule has 0 aliphatic rings. The van der Waals surface area contributed by atoms with Gasteiger partial charge in [0.1, 0.15) is 0 Å². The lowest BCUT2D eigenvalue weighted by Gasteiger charge is -2.17. The molecule has 0 amide bonds. The Morgan fingerprint density at radius 1 is 0.862 bits per heavy atom. The van der Waals surface area contributed by atoms with Gasteiger partial charge in [-0.15, -0.1) is 0 Å². The van der Waals surface area contributed by atoms with Crippen molar-refractivity contribution < 1.29 is 9.90 Å². The first-order valence-electron chi connectivity index (χ1n) is 9.95. The Balaban J connectivity index is 2.02. The van der Waals surface area contributed by atoms with E-state index in [2.05, 4.69) is 31.2 Å². The van der Waals surface area contributed by atoms with Crippen LogP contribution in [0.4, 0.5) is 0 Å². The highest BCUT2D eigenvalue weighted by molar-refractivity contribution is 6.00. The standard InChI is InChI=1S/C26H23NO2/c1-2-8-18-13-15-20(16-14-18)26-22(17-24(28)29)25(19-9-4-3-5-10-19)21-11-6-7-12-23(21)27-26/h3-7,9-16H,2,8,17H2,1H3,(H,28,29). The fourth-order valence-electron chi connectivity index (χ4n) is 3.87. The van der Waals surface area contributed by atoms with Crippen LogP contribution in [0.5, 0.6) is 0 Å². The number of aliphatic carboxylic acids is 1. The van der Waals surface area contributed by atoms with E-state index in [1.807, 2.05) is 54.6 Å². The van der Waals surface area contributed by atoms with Crippen LogP contribution >= 0.6 is 0 Å². The third-order valence-electron chi connectivity index (χ3n) is 5.15. The summed E-state index contributed by atoms with van der Waals surface area (Å²) in [6.45, 7) is 2.16. The van der Waals surface area contributed by atoms with Gasteiger partial charge in [0, 0.05) is 10.9 Å². The number of hydrogen-bond acceptors (Lipinski definition) is 2. The second-order valence-corrected chi connectivity index (χ2v) is 7.21. The monoisotopic (exact) mass is 381 g/mol. The number of aromatic nitrogens is 1. The van der Waals surface area contributed by atoms with E-state index in [1.165, 1.54) is 5.56 Å². The number of rotatable bonds is 6. The maximum atomic E-state index is 11.8. The molecule has 144 valence electrons. The van der Waals surface area contributed by atoms with E-state index in [0.29, 0.717) is 0 Å². The summed E-state index contributed by atoms with van der Waals surface area (Å²) in [7, 11) is 0. The molecule has 29 heavy (non-hydrogen) atoms. The molecule has 3 heteroatoms. The Morgan fingerprint density at radius 2 is 1.55 bits per heavy atom. The molecule has 0 radical (unpaired) electrons. The van der Waals surface area contributed by atoms with Crippen molar-refractivity contribution in [3.63, 3.8) is 0 Å². The average Bonchev–Trinajstić information content (AvgIpc) is 2.74. The van der Waals surface area contributed by atoms with Crippen molar-refractivity contribution in [2.45, 2.75) is 26.2 Å². The van der Waals surface area contributed by atoms with Gasteiger partial charge in [0.05, 0.1) is 17.6 Å². The fourth-order valence-corrected chi connectivity index (χ4v) is 3.87. The van der Waals surface area contributed by atoms with Crippen LogP contribution < -0.4 is 0 Å². The Labute approximate surface area is 170 Å². The Bertz CT molecular complexity index is 1150. The molecule has 0 aliphatic heterocycles. The van der Waals surface area contributed by atoms with Crippen molar-refractivity contribution in [3.8, 4) is 22.4 Å². The van der Waals surface area contributed by atoms with Crippen LogP contribution in [0.2, 0.25) is 0 Å². The van der Waals surface area contributed by atoms with Gasteiger partial charge in [-0.25, -0.2) is 4.98 Å². The van der Waals surface area contributed by atoms with Gasteiger partial charge in [-0.05, 0) is 34.7 Å². The molecule has 4 aromatic rings. The molecule has 1 aromatic heterocycles. The Kier molecular flexibility index (Phi) is 5.39. The summed E-state index contributed by atoms with van der Waals surface area (Å²) < 4.78 is 0. The smallest absolute Gasteiger partial charge is 0.307 e. The normalized spacial score (nSPS) is 10.9. The van der Waals surface area contributed by atoms with Gasteiger partial charge in [-0.3, -0.25) is 4.79 Å². The molecule has 3 aromatic carbocycles. The zero-order valence-electron chi connectivity index (χ0n) is 16.4. The lowest BCUT2D eigenvalue weighted by atomic mass is 9.90. The fraction of sp³-hybridized carbons (Fsp3) is 0.154. The minimum absolute atomic E-state index is 0.0753. The highest BCUT2D eigenvalue weighted by atomic mass is 16.4. The number of pyridine rings is 1. The third kappa shape index (κ3) is 3.90. The van der Waals surface area contributed by atoms with Gasteiger partial charge >= 0.3 is 5.97 Å². The number of aryl methyl sites for hydroxylation is 1. The number of para-hydroxylation sites is 1. The van der Waals surface area contributed by atoms with Crippen LogP contribution in [0, 0.1) is 0 Å². The van der Waals surface area contributed by atoms with Gasteiger partial charge in [0.2, 0.25) is 0 Å². The summed E-state index contributed by atoms with van der Waals surface area (Å²) in [4.78, 5) is 16.7. The van der Waals surface area contributed by atoms with E-state index in [0.717, 1.165) is 51.7 Å². The highest BCUT2D eigenvalue weighted by Crippen LogP contribution is 2.37. The third-order valence-corrected chi connectivity index (χ3v) is 5.15. The summed E-state index contributed by atoms with van der Waals surface area (Å²) in [6, 6.07) is 26.3. The van der Waals surface area contributed by atoms with Crippen LogP contribution in [0.3, 0.4) is 0 Å². The molecule has 0 saturated heterocycles. The summed E-state index contributed by atoms with van der Waals surface area (Å²) in [5.41, 5.74) is 6.55. The zero-order valence-corrected chi connectivity index (χ0v) is 16.4. The van der Waals surface area contributed by atoms with Crippen LogP contribution in [-0.2, 0) is 17.6 Å². The largest absolute Gasteiger partial charge is 0.481 e. The minimum atomic E-state index is -0.858. The molecule has 1 heterocycles. The first kappa shape index (κ1) is 18.9. The maximum Gasteiger partial charge on any atom is 0.307 e. The van der Waals surface area contributed by atoms with E-state index < -0.39 is 5.97 Å². The first-order chi connectivity index (χ1) is 14.2. The van der Waals surface area contributed by atoms with E-state index in [-0.39, 0.29) is 6.42 Å². The zero-order chi connectivity index (χ0) is 20.2. The lowest BCUT2D eigenvalue weighted by Crippen LogP contribution is -2.06. The van der Waals surface area contributed by atoms with Gasteiger partial charge in [-0.1, -0.05) is 86.1 Å². The van der Waals surface area contributed by atoms with Crippen LogP contribution in [0.25, 0.3) is 33.3 Å². The number of benzene rings is 3. The van der Waals surface area contributed by atoms with Crippen molar-refractivity contribution >= 4 is 16.9 Å². The molecule has 1 N–H and O–H groups in total. The van der Waals surface area contributed by atoms with Crippen molar-refractivity contribution in [3.05, 3.63) is 90.0 Å². The molecule has 0 unspecified atom stereocenters. The molecule has 0 atom stereocenters. The topological polar surface area (TPSA) is 50.2 Å². The van der Waals surface area contributed by atoms with Gasteiger partial charge in [0.25, 0.3) is 0 Å². The van der Waals surface area contributed by atoms with E-state index in [9.17, 15) is 9.90 Å². The Hall–Kier alpha value is -3.46. The van der Waals surface area contributed by atoms with Crippen molar-refractivity contribution in [1.82, 2.24) is 4.98 Å². The van der Waals surface area contributed by atoms with Gasteiger partial charge < -0.3 is 5.11 Å². The molecular weight excluding hydrogens is 358 g/mol. The maximum absolute atomic E-state index is 11.8. The quantitative estimate of drug-likeness (QED) is 0.436. The van der Waals surface area contributed by atoms with Crippen molar-refractivity contribution in [2.24, 2.45) is 0 Å². The molecule has 0 fully saturated rings. The average molecular weight is 381 g/mol. The number of carboxylic acid groups (broad SMARTS) is 1. The molecule has 0 bridgehead atoms. The summed E-state index contributed by atoms with van der Waals surface area (Å²) >= 11 is 0. The number of nitrogens with zero attached hydrogens (tertiary/aromatic N) is 1. The molecule has 0 spiro atoms. The van der Waals surface area contributed by atoms with Crippen LogP contribution in [0.1, 0.15) is 24.5 Å². The minimum Gasteiger partial charge on any atom is -0.481 e. The summed E-state index contributed by atoms with van der Waals surface area (Å²) in [5, 5.41) is 10.6. The highest BCUT2D eigenvalue weighted by Gasteiger charge is 2.19.